The van der Waals surface area contributed by atoms with Gasteiger partial charge in [0.25, 0.3) is 0 Å². The number of nitrogens with one attached hydrogen (secondary N) is 1. The first-order chi connectivity index (χ1) is 9.97. The van der Waals surface area contributed by atoms with Crippen LogP contribution in [0, 0.1) is 13.8 Å². The topological polar surface area (TPSA) is 65.1 Å². The molecular formula is C15H21ClN4O. The number of ether oxygens (including phenoxy) is 1. The molecular weight excluding hydrogens is 288 g/mol. The van der Waals surface area contributed by atoms with Crippen molar-refractivity contribution in [2.24, 2.45) is 12.9 Å². The summed E-state index contributed by atoms with van der Waals surface area (Å²) in [6, 6.07) is 5.44. The maximum absolute atomic E-state index is 6.10. The quantitative estimate of drug-likeness (QED) is 0.658. The molecule has 3 N–H and O–H groups in total. The minimum Gasteiger partial charge on any atom is -0.496 e. The highest BCUT2D eigenvalue weighted by molar-refractivity contribution is 6.30. The molecule has 0 amide bonds. The fraction of sp³-hybridized carbons (Fsp3) is 0.400. The van der Waals surface area contributed by atoms with Crippen molar-refractivity contribution in [1.29, 1.82) is 0 Å². The number of aromatic nitrogens is 2. The summed E-state index contributed by atoms with van der Waals surface area (Å²) in [5.74, 6) is 6.52. The molecule has 0 aliphatic rings. The third-order valence-electron chi connectivity index (χ3n) is 3.84. The van der Waals surface area contributed by atoms with Crippen molar-refractivity contribution in [1.82, 2.24) is 15.2 Å². The van der Waals surface area contributed by atoms with E-state index in [1.165, 1.54) is 5.56 Å². The van der Waals surface area contributed by atoms with Crippen LogP contribution in [0.2, 0.25) is 5.02 Å². The second kappa shape index (κ2) is 6.47. The predicted molar refractivity (Wildman–Crippen MR) is 84.5 cm³/mol. The van der Waals surface area contributed by atoms with Gasteiger partial charge in [0.05, 0.1) is 18.8 Å². The standard InChI is InChI=1S/C15H21ClN4O/c1-9-12(10(2)20(3)19-9)8-14(18-17)13-7-11(16)5-6-15(13)21-4/h5-7,14,18H,8,17H2,1-4H3. The lowest BCUT2D eigenvalue weighted by Gasteiger charge is -2.19. The third kappa shape index (κ3) is 3.20. The van der Waals surface area contributed by atoms with Gasteiger partial charge in [-0.15, -0.1) is 0 Å². The van der Waals surface area contributed by atoms with Crippen molar-refractivity contribution in [3.8, 4) is 5.75 Å². The highest BCUT2D eigenvalue weighted by atomic mass is 35.5. The number of hydrogen-bond acceptors (Lipinski definition) is 4. The molecule has 0 spiro atoms. The fourth-order valence-electron chi connectivity index (χ4n) is 2.55. The summed E-state index contributed by atoms with van der Waals surface area (Å²) in [7, 11) is 3.58. The number of aryl methyl sites for hydroxylation is 2. The average molecular weight is 309 g/mol. The first-order valence-corrected chi connectivity index (χ1v) is 7.14. The second-order valence-corrected chi connectivity index (χ2v) is 5.52. The van der Waals surface area contributed by atoms with Crippen LogP contribution in [-0.4, -0.2) is 16.9 Å². The van der Waals surface area contributed by atoms with Gasteiger partial charge in [0, 0.05) is 23.3 Å². The van der Waals surface area contributed by atoms with Crippen molar-refractivity contribution in [3.05, 3.63) is 45.7 Å². The van der Waals surface area contributed by atoms with E-state index >= 15 is 0 Å². The summed E-state index contributed by atoms with van der Waals surface area (Å²) < 4.78 is 7.29. The van der Waals surface area contributed by atoms with Gasteiger partial charge in [-0.25, -0.2) is 0 Å². The summed E-state index contributed by atoms with van der Waals surface area (Å²) in [4.78, 5) is 0. The van der Waals surface area contributed by atoms with Crippen LogP contribution in [0.15, 0.2) is 18.2 Å². The Morgan fingerprint density at radius 2 is 2.14 bits per heavy atom. The van der Waals surface area contributed by atoms with Gasteiger partial charge >= 0.3 is 0 Å². The molecule has 2 rings (SSSR count). The number of halogens is 1. The molecule has 0 fully saturated rings. The smallest absolute Gasteiger partial charge is 0.123 e. The Bertz CT molecular complexity index is 639. The Kier molecular flexibility index (Phi) is 4.88. The SMILES string of the molecule is COc1ccc(Cl)cc1C(Cc1c(C)nn(C)c1C)NN. The number of rotatable bonds is 5. The van der Waals surface area contributed by atoms with E-state index in [1.54, 1.807) is 13.2 Å². The Morgan fingerprint density at radius 3 is 2.67 bits per heavy atom. The lowest BCUT2D eigenvalue weighted by atomic mass is 9.97. The fourth-order valence-corrected chi connectivity index (χ4v) is 2.73. The molecule has 1 heterocycles. The van der Waals surface area contributed by atoms with E-state index in [9.17, 15) is 0 Å². The Morgan fingerprint density at radius 1 is 1.43 bits per heavy atom. The summed E-state index contributed by atoms with van der Waals surface area (Å²) in [5.41, 5.74) is 7.12. The molecule has 114 valence electrons. The molecule has 0 saturated heterocycles. The molecule has 21 heavy (non-hydrogen) atoms. The predicted octanol–water partition coefficient (Wildman–Crippen LogP) is 2.45. The Balaban J connectivity index is 2.38. The van der Waals surface area contributed by atoms with Crippen LogP contribution in [0.1, 0.15) is 28.6 Å². The van der Waals surface area contributed by atoms with Crippen molar-refractivity contribution >= 4 is 11.6 Å². The lowest BCUT2D eigenvalue weighted by molar-refractivity contribution is 0.399. The second-order valence-electron chi connectivity index (χ2n) is 5.08. The van der Waals surface area contributed by atoms with Gasteiger partial charge < -0.3 is 4.74 Å². The number of nitrogens with two attached hydrogens (primary N) is 1. The minimum absolute atomic E-state index is 0.0970. The molecule has 0 saturated carbocycles. The van der Waals surface area contributed by atoms with Crippen LogP contribution in [0.3, 0.4) is 0 Å². The van der Waals surface area contributed by atoms with Crippen LogP contribution in [-0.2, 0) is 13.5 Å². The summed E-state index contributed by atoms with van der Waals surface area (Å²) in [6.45, 7) is 4.06. The molecule has 1 aromatic heterocycles. The molecule has 5 nitrogen and oxygen atoms in total. The summed E-state index contributed by atoms with van der Waals surface area (Å²) in [6.07, 6.45) is 0.721. The third-order valence-corrected chi connectivity index (χ3v) is 4.07. The number of hydrogen-bond donors (Lipinski definition) is 2. The molecule has 6 heteroatoms. The zero-order chi connectivity index (χ0) is 15.6. The van der Waals surface area contributed by atoms with Gasteiger partial charge in [0.15, 0.2) is 0 Å². The van der Waals surface area contributed by atoms with Gasteiger partial charge in [-0.05, 0) is 44.0 Å². The largest absolute Gasteiger partial charge is 0.496 e. The molecule has 2 aromatic rings. The highest BCUT2D eigenvalue weighted by Gasteiger charge is 2.20. The lowest BCUT2D eigenvalue weighted by Crippen LogP contribution is -2.30. The van der Waals surface area contributed by atoms with E-state index in [2.05, 4.69) is 17.4 Å². The first kappa shape index (κ1) is 15.8. The molecule has 1 atom stereocenters. The van der Waals surface area contributed by atoms with E-state index < -0.39 is 0 Å². The van der Waals surface area contributed by atoms with Crippen molar-refractivity contribution in [2.75, 3.05) is 7.11 Å². The van der Waals surface area contributed by atoms with Crippen molar-refractivity contribution < 1.29 is 4.74 Å². The average Bonchev–Trinajstić information content (AvgIpc) is 2.70. The monoisotopic (exact) mass is 308 g/mol. The minimum atomic E-state index is -0.0970. The molecule has 0 aliphatic heterocycles. The zero-order valence-electron chi connectivity index (χ0n) is 12.8. The van der Waals surface area contributed by atoms with Gasteiger partial charge in [-0.1, -0.05) is 11.6 Å². The zero-order valence-corrected chi connectivity index (χ0v) is 13.5. The number of hydrazine groups is 1. The van der Waals surface area contributed by atoms with E-state index in [0.717, 1.165) is 29.1 Å². The van der Waals surface area contributed by atoms with Crippen LogP contribution in [0.4, 0.5) is 0 Å². The highest BCUT2D eigenvalue weighted by Crippen LogP contribution is 2.31. The van der Waals surface area contributed by atoms with Gasteiger partial charge in [0.1, 0.15) is 5.75 Å². The number of benzene rings is 1. The maximum Gasteiger partial charge on any atom is 0.123 e. The van der Waals surface area contributed by atoms with E-state index in [0.29, 0.717) is 5.02 Å². The van der Waals surface area contributed by atoms with E-state index in [-0.39, 0.29) is 6.04 Å². The molecule has 1 unspecified atom stereocenters. The van der Waals surface area contributed by atoms with Crippen molar-refractivity contribution in [3.63, 3.8) is 0 Å². The molecule has 0 bridgehead atoms. The molecule has 0 radical (unpaired) electrons. The van der Waals surface area contributed by atoms with Gasteiger partial charge in [-0.3, -0.25) is 16.0 Å². The summed E-state index contributed by atoms with van der Waals surface area (Å²) >= 11 is 6.10. The Hall–Kier alpha value is -1.56. The maximum atomic E-state index is 6.10. The van der Waals surface area contributed by atoms with E-state index in [4.69, 9.17) is 22.2 Å². The van der Waals surface area contributed by atoms with Gasteiger partial charge in [-0.2, -0.15) is 5.10 Å². The summed E-state index contributed by atoms with van der Waals surface area (Å²) in [5, 5.41) is 5.10. The van der Waals surface area contributed by atoms with Crippen LogP contribution >= 0.6 is 11.6 Å². The van der Waals surface area contributed by atoms with Crippen molar-refractivity contribution in [2.45, 2.75) is 26.3 Å². The van der Waals surface area contributed by atoms with E-state index in [1.807, 2.05) is 30.8 Å². The van der Waals surface area contributed by atoms with Crippen LogP contribution in [0.25, 0.3) is 0 Å². The Labute approximate surface area is 130 Å². The number of nitrogens with zero attached hydrogens (tertiary/aromatic N) is 2. The molecule has 1 aromatic carbocycles. The number of methoxy groups -OCH3 is 1. The van der Waals surface area contributed by atoms with Gasteiger partial charge in [0.2, 0.25) is 0 Å². The van der Waals surface area contributed by atoms with Crippen LogP contribution in [0.5, 0.6) is 5.75 Å². The molecule has 0 aliphatic carbocycles. The first-order valence-electron chi connectivity index (χ1n) is 6.76. The van der Waals surface area contributed by atoms with Crippen LogP contribution < -0.4 is 16.0 Å². The normalized spacial score (nSPS) is 12.5.